The molecule has 1 amide bonds. The van der Waals surface area contributed by atoms with Gasteiger partial charge in [-0.25, -0.2) is 4.39 Å². The number of halogens is 1. The zero-order valence-electron chi connectivity index (χ0n) is 12.5. The van der Waals surface area contributed by atoms with E-state index >= 15 is 0 Å². The van der Waals surface area contributed by atoms with Gasteiger partial charge in [-0.2, -0.15) is 0 Å². The lowest BCUT2D eigenvalue weighted by atomic mass is 10.0. The summed E-state index contributed by atoms with van der Waals surface area (Å²) in [6, 6.07) is 4.19. The van der Waals surface area contributed by atoms with E-state index in [2.05, 4.69) is 10.6 Å². The maximum absolute atomic E-state index is 13.3. The van der Waals surface area contributed by atoms with Crippen LogP contribution < -0.4 is 15.4 Å². The van der Waals surface area contributed by atoms with Crippen molar-refractivity contribution in [1.82, 2.24) is 5.32 Å². The quantitative estimate of drug-likeness (QED) is 0.813. The third-order valence-electron chi connectivity index (χ3n) is 3.62. The Labute approximate surface area is 125 Å². The standard InChI is InChI=1S/C16H23FN2O2/c1-2-9-21-15-10-13(17)4-5-14(15)19-16(20)6-3-12-7-8-18-11-12/h4-5,10,12,18H,2-3,6-9,11H2,1H3,(H,19,20). The van der Waals surface area contributed by atoms with E-state index in [0.29, 0.717) is 30.4 Å². The summed E-state index contributed by atoms with van der Waals surface area (Å²) in [5, 5.41) is 6.11. The molecule has 1 unspecified atom stereocenters. The highest BCUT2D eigenvalue weighted by Crippen LogP contribution is 2.26. The van der Waals surface area contributed by atoms with Crippen LogP contribution >= 0.6 is 0 Å². The van der Waals surface area contributed by atoms with Crippen LogP contribution in [0.25, 0.3) is 0 Å². The Bertz CT molecular complexity index is 473. The van der Waals surface area contributed by atoms with Crippen LogP contribution in [0.2, 0.25) is 0 Å². The molecule has 1 atom stereocenters. The summed E-state index contributed by atoms with van der Waals surface area (Å²) in [6.45, 7) is 4.52. The van der Waals surface area contributed by atoms with Gasteiger partial charge in [0.15, 0.2) is 0 Å². The molecule has 21 heavy (non-hydrogen) atoms. The molecule has 1 aromatic rings. The van der Waals surface area contributed by atoms with Crippen molar-refractivity contribution in [3.8, 4) is 5.75 Å². The first kappa shape index (κ1) is 15.8. The summed E-state index contributed by atoms with van der Waals surface area (Å²) in [6.07, 6.45) is 3.33. The molecule has 0 aliphatic carbocycles. The first-order valence-corrected chi connectivity index (χ1v) is 7.62. The summed E-state index contributed by atoms with van der Waals surface area (Å²) < 4.78 is 18.7. The molecule has 1 aliphatic rings. The van der Waals surface area contributed by atoms with E-state index in [9.17, 15) is 9.18 Å². The highest BCUT2D eigenvalue weighted by atomic mass is 19.1. The number of anilines is 1. The van der Waals surface area contributed by atoms with Crippen LogP contribution in [-0.2, 0) is 4.79 Å². The Hall–Kier alpha value is -1.62. The maximum Gasteiger partial charge on any atom is 0.224 e. The Kier molecular flexibility index (Phi) is 5.99. The lowest BCUT2D eigenvalue weighted by molar-refractivity contribution is -0.116. The minimum Gasteiger partial charge on any atom is -0.491 e. The molecule has 1 aliphatic heterocycles. The number of hydrogen-bond acceptors (Lipinski definition) is 3. The topological polar surface area (TPSA) is 50.4 Å². The monoisotopic (exact) mass is 294 g/mol. The molecule has 0 aromatic heterocycles. The van der Waals surface area contributed by atoms with Crippen LogP contribution in [0.5, 0.6) is 5.75 Å². The van der Waals surface area contributed by atoms with Gasteiger partial charge >= 0.3 is 0 Å². The molecule has 116 valence electrons. The van der Waals surface area contributed by atoms with Gasteiger partial charge in [0, 0.05) is 12.5 Å². The number of carbonyl (C=O) groups excluding carboxylic acids is 1. The number of amides is 1. The molecular weight excluding hydrogens is 271 g/mol. The molecule has 4 nitrogen and oxygen atoms in total. The van der Waals surface area contributed by atoms with Crippen molar-refractivity contribution in [3.63, 3.8) is 0 Å². The Morgan fingerprint density at radius 1 is 1.52 bits per heavy atom. The lowest BCUT2D eigenvalue weighted by Gasteiger charge is -2.13. The van der Waals surface area contributed by atoms with Gasteiger partial charge in [-0.15, -0.1) is 0 Å². The predicted octanol–water partition coefficient (Wildman–Crippen LogP) is 2.94. The van der Waals surface area contributed by atoms with E-state index in [4.69, 9.17) is 4.74 Å². The lowest BCUT2D eigenvalue weighted by Crippen LogP contribution is -2.15. The largest absolute Gasteiger partial charge is 0.491 e. The summed E-state index contributed by atoms with van der Waals surface area (Å²) in [7, 11) is 0. The molecule has 1 fully saturated rings. The van der Waals surface area contributed by atoms with Gasteiger partial charge in [0.25, 0.3) is 0 Å². The van der Waals surface area contributed by atoms with Crippen molar-refractivity contribution in [3.05, 3.63) is 24.0 Å². The number of hydrogen-bond donors (Lipinski definition) is 2. The van der Waals surface area contributed by atoms with Crippen LogP contribution in [0.1, 0.15) is 32.6 Å². The first-order valence-electron chi connectivity index (χ1n) is 7.62. The van der Waals surface area contributed by atoms with Crippen LogP contribution in [-0.4, -0.2) is 25.6 Å². The predicted molar refractivity (Wildman–Crippen MR) is 81.0 cm³/mol. The highest BCUT2D eigenvalue weighted by molar-refractivity contribution is 5.92. The third kappa shape index (κ3) is 5.01. The highest BCUT2D eigenvalue weighted by Gasteiger charge is 2.16. The second-order valence-corrected chi connectivity index (χ2v) is 5.43. The van der Waals surface area contributed by atoms with Gasteiger partial charge in [-0.05, 0) is 50.4 Å². The van der Waals surface area contributed by atoms with Crippen molar-refractivity contribution < 1.29 is 13.9 Å². The molecule has 0 bridgehead atoms. The zero-order valence-corrected chi connectivity index (χ0v) is 12.5. The fraction of sp³-hybridized carbons (Fsp3) is 0.562. The van der Waals surface area contributed by atoms with Gasteiger partial charge in [0.1, 0.15) is 11.6 Å². The van der Waals surface area contributed by atoms with Crippen molar-refractivity contribution >= 4 is 11.6 Å². The number of carbonyl (C=O) groups is 1. The molecular formula is C16H23FN2O2. The Morgan fingerprint density at radius 2 is 2.38 bits per heavy atom. The molecule has 1 saturated heterocycles. The van der Waals surface area contributed by atoms with Gasteiger partial charge < -0.3 is 15.4 Å². The molecule has 5 heteroatoms. The van der Waals surface area contributed by atoms with Crippen molar-refractivity contribution in [2.45, 2.75) is 32.6 Å². The minimum absolute atomic E-state index is 0.0464. The molecule has 1 aromatic carbocycles. The zero-order chi connectivity index (χ0) is 15.1. The second kappa shape index (κ2) is 7.98. The minimum atomic E-state index is -0.365. The smallest absolute Gasteiger partial charge is 0.224 e. The number of ether oxygens (including phenoxy) is 1. The van der Waals surface area contributed by atoms with Crippen molar-refractivity contribution in [2.75, 3.05) is 25.0 Å². The number of nitrogens with one attached hydrogen (secondary N) is 2. The number of rotatable bonds is 7. The van der Waals surface area contributed by atoms with E-state index in [1.807, 2.05) is 6.92 Å². The average Bonchev–Trinajstić information content (AvgIpc) is 2.98. The summed E-state index contributed by atoms with van der Waals surface area (Å²) in [5.74, 6) is 0.568. The van der Waals surface area contributed by atoms with Crippen molar-refractivity contribution in [2.24, 2.45) is 5.92 Å². The van der Waals surface area contributed by atoms with Crippen LogP contribution in [0.3, 0.4) is 0 Å². The van der Waals surface area contributed by atoms with E-state index in [1.54, 1.807) is 6.07 Å². The first-order chi connectivity index (χ1) is 10.2. The Morgan fingerprint density at radius 3 is 3.10 bits per heavy atom. The SMILES string of the molecule is CCCOc1cc(F)ccc1NC(=O)CCC1CCNC1. The van der Waals surface area contributed by atoms with Gasteiger partial charge in [-0.3, -0.25) is 4.79 Å². The Balaban J connectivity index is 1.89. The van der Waals surface area contributed by atoms with Crippen molar-refractivity contribution in [1.29, 1.82) is 0 Å². The third-order valence-corrected chi connectivity index (χ3v) is 3.62. The average molecular weight is 294 g/mol. The van der Waals surface area contributed by atoms with Crippen LogP contribution in [0.15, 0.2) is 18.2 Å². The normalized spacial score (nSPS) is 17.7. The summed E-state index contributed by atoms with van der Waals surface area (Å²) in [5.41, 5.74) is 0.541. The summed E-state index contributed by atoms with van der Waals surface area (Å²) >= 11 is 0. The van der Waals surface area contributed by atoms with Gasteiger partial charge in [-0.1, -0.05) is 6.92 Å². The van der Waals surface area contributed by atoms with E-state index < -0.39 is 0 Å². The molecule has 0 radical (unpaired) electrons. The van der Waals surface area contributed by atoms with E-state index in [0.717, 1.165) is 32.4 Å². The number of benzene rings is 1. The molecule has 2 N–H and O–H groups in total. The molecule has 0 saturated carbocycles. The van der Waals surface area contributed by atoms with Gasteiger partial charge in [0.05, 0.1) is 12.3 Å². The van der Waals surface area contributed by atoms with E-state index in [-0.39, 0.29) is 11.7 Å². The van der Waals surface area contributed by atoms with Crippen LogP contribution in [0.4, 0.5) is 10.1 Å². The fourth-order valence-electron chi connectivity index (χ4n) is 2.44. The maximum atomic E-state index is 13.3. The van der Waals surface area contributed by atoms with E-state index in [1.165, 1.54) is 12.1 Å². The molecule has 1 heterocycles. The second-order valence-electron chi connectivity index (χ2n) is 5.43. The van der Waals surface area contributed by atoms with Gasteiger partial charge in [0.2, 0.25) is 5.91 Å². The summed E-state index contributed by atoms with van der Waals surface area (Å²) in [4.78, 5) is 12.0. The molecule has 0 spiro atoms. The fourth-order valence-corrected chi connectivity index (χ4v) is 2.44. The molecule has 2 rings (SSSR count). The van der Waals surface area contributed by atoms with Crippen LogP contribution in [0, 0.1) is 11.7 Å².